The Morgan fingerprint density at radius 2 is 1.90 bits per heavy atom. The summed E-state index contributed by atoms with van der Waals surface area (Å²) < 4.78 is 11.3. The number of nitrogens with one attached hydrogen (secondary N) is 2. The molecule has 1 aromatic heterocycles. The van der Waals surface area contributed by atoms with Crippen molar-refractivity contribution in [3.63, 3.8) is 0 Å². The maximum Gasteiger partial charge on any atom is 0.287 e. The van der Waals surface area contributed by atoms with Crippen molar-refractivity contribution >= 4 is 17.5 Å². The van der Waals surface area contributed by atoms with Gasteiger partial charge < -0.3 is 14.5 Å². The molecule has 1 aliphatic carbocycles. The van der Waals surface area contributed by atoms with Crippen molar-refractivity contribution in [2.45, 2.75) is 52.5 Å². The number of carbonyl (C=O) groups is 2. The lowest BCUT2D eigenvalue weighted by molar-refractivity contribution is -0.123. The van der Waals surface area contributed by atoms with E-state index < -0.39 is 0 Å². The second-order valence-corrected chi connectivity index (χ2v) is 8.11. The van der Waals surface area contributed by atoms with Crippen molar-refractivity contribution in [3.05, 3.63) is 53.0 Å². The second-order valence-electron chi connectivity index (χ2n) is 8.11. The molecule has 0 radical (unpaired) electrons. The Labute approximate surface area is 170 Å². The molecule has 0 spiro atoms. The number of benzene rings is 1. The van der Waals surface area contributed by atoms with Crippen LogP contribution in [-0.2, 0) is 11.2 Å². The first-order valence-electron chi connectivity index (χ1n) is 9.73. The Bertz CT molecular complexity index is 924. The zero-order chi connectivity index (χ0) is 21.0. The minimum absolute atomic E-state index is 0.128. The van der Waals surface area contributed by atoms with E-state index in [1.807, 2.05) is 45.9 Å². The van der Waals surface area contributed by atoms with Gasteiger partial charge in [-0.05, 0) is 52.7 Å². The van der Waals surface area contributed by atoms with Gasteiger partial charge in [0.15, 0.2) is 12.4 Å². The van der Waals surface area contributed by atoms with Gasteiger partial charge in [0.2, 0.25) is 0 Å². The van der Waals surface area contributed by atoms with Crippen molar-refractivity contribution in [1.82, 2.24) is 10.7 Å². The fourth-order valence-electron chi connectivity index (χ4n) is 3.22. The smallest absolute Gasteiger partial charge is 0.287 e. The fourth-order valence-corrected chi connectivity index (χ4v) is 3.22. The summed E-state index contributed by atoms with van der Waals surface area (Å²) in [5.74, 6) is 1.07. The van der Waals surface area contributed by atoms with Gasteiger partial charge in [-0.3, -0.25) is 9.59 Å². The molecule has 0 bridgehead atoms. The Morgan fingerprint density at radius 1 is 1.17 bits per heavy atom. The highest BCUT2D eigenvalue weighted by Gasteiger charge is 2.29. The molecule has 1 heterocycles. The number of aryl methyl sites for hydroxylation is 1. The lowest BCUT2D eigenvalue weighted by Crippen LogP contribution is -2.40. The molecule has 2 amide bonds. The quantitative estimate of drug-likeness (QED) is 0.757. The van der Waals surface area contributed by atoms with Crippen LogP contribution in [-0.4, -0.2) is 29.7 Å². The van der Waals surface area contributed by atoms with E-state index in [4.69, 9.17) is 9.15 Å². The molecule has 0 atom stereocenters. The number of hydrogen-bond donors (Lipinski definition) is 2. The number of ether oxygens (including phenoxy) is 1. The summed E-state index contributed by atoms with van der Waals surface area (Å²) in [5.41, 5.74) is 4.47. The predicted molar refractivity (Wildman–Crippen MR) is 110 cm³/mol. The van der Waals surface area contributed by atoms with Crippen molar-refractivity contribution in [1.29, 1.82) is 0 Å². The number of hydrogen-bond acceptors (Lipinski definition) is 5. The average molecular weight is 397 g/mol. The van der Waals surface area contributed by atoms with E-state index in [1.165, 1.54) is 0 Å². The first-order valence-corrected chi connectivity index (χ1v) is 9.73. The van der Waals surface area contributed by atoms with Crippen LogP contribution >= 0.6 is 0 Å². The maximum atomic E-state index is 12.6. The van der Waals surface area contributed by atoms with Gasteiger partial charge in [-0.1, -0.05) is 18.2 Å². The van der Waals surface area contributed by atoms with Crippen LogP contribution in [0.4, 0.5) is 0 Å². The predicted octanol–water partition coefficient (Wildman–Crippen LogP) is 3.35. The SMILES string of the molecule is Cc1c(C(=O)NC(C)(C)C)oc2c1/C(=N/NC(=O)COc1ccccc1)CCC2. The highest BCUT2D eigenvalue weighted by Crippen LogP contribution is 2.30. The van der Waals surface area contributed by atoms with Crippen LogP contribution in [0.15, 0.2) is 39.9 Å². The molecule has 1 aliphatic rings. The number of rotatable bonds is 5. The van der Waals surface area contributed by atoms with E-state index in [1.54, 1.807) is 12.1 Å². The maximum absolute atomic E-state index is 12.6. The molecule has 2 aromatic rings. The van der Waals surface area contributed by atoms with Crippen molar-refractivity contribution in [2.24, 2.45) is 5.10 Å². The third-order valence-corrected chi connectivity index (χ3v) is 4.45. The van der Waals surface area contributed by atoms with E-state index in [0.717, 1.165) is 35.4 Å². The summed E-state index contributed by atoms with van der Waals surface area (Å²) in [5, 5.41) is 7.21. The number of furan rings is 1. The second kappa shape index (κ2) is 8.51. The van der Waals surface area contributed by atoms with Crippen LogP contribution in [0.25, 0.3) is 0 Å². The Morgan fingerprint density at radius 3 is 2.59 bits per heavy atom. The van der Waals surface area contributed by atoms with Gasteiger partial charge in [-0.25, -0.2) is 5.43 Å². The van der Waals surface area contributed by atoms with Crippen LogP contribution < -0.4 is 15.5 Å². The third-order valence-electron chi connectivity index (χ3n) is 4.45. The molecular formula is C22H27N3O4. The fraction of sp³-hybridized carbons (Fsp3) is 0.409. The number of para-hydroxylation sites is 1. The zero-order valence-corrected chi connectivity index (χ0v) is 17.3. The van der Waals surface area contributed by atoms with Gasteiger partial charge in [0.1, 0.15) is 11.5 Å². The Hall–Kier alpha value is -3.09. The molecule has 0 saturated carbocycles. The standard InChI is InChI=1S/C22H27N3O4/c1-14-19-16(24-25-18(26)13-28-15-9-6-5-7-10-15)11-8-12-17(19)29-20(14)21(27)23-22(2,3)4/h5-7,9-10H,8,11-13H2,1-4H3,(H,23,27)(H,25,26)/b24-16+. The molecule has 7 nitrogen and oxygen atoms in total. The lowest BCUT2D eigenvalue weighted by atomic mass is 9.93. The largest absolute Gasteiger partial charge is 0.484 e. The van der Waals surface area contributed by atoms with Gasteiger partial charge in [0, 0.05) is 23.1 Å². The van der Waals surface area contributed by atoms with Crippen LogP contribution in [0.3, 0.4) is 0 Å². The van der Waals surface area contributed by atoms with E-state index in [0.29, 0.717) is 17.9 Å². The van der Waals surface area contributed by atoms with Crippen molar-refractivity contribution < 1.29 is 18.7 Å². The minimum atomic E-state index is -0.361. The first kappa shape index (κ1) is 20.6. The average Bonchev–Trinajstić information content (AvgIpc) is 3.02. The molecule has 154 valence electrons. The molecule has 7 heteroatoms. The molecule has 0 fully saturated rings. The van der Waals surface area contributed by atoms with Crippen LogP contribution in [0, 0.1) is 6.92 Å². The van der Waals surface area contributed by atoms with Crippen molar-refractivity contribution in [2.75, 3.05) is 6.61 Å². The van der Waals surface area contributed by atoms with Crippen molar-refractivity contribution in [3.8, 4) is 5.75 Å². The van der Waals surface area contributed by atoms with E-state index >= 15 is 0 Å². The van der Waals surface area contributed by atoms with E-state index in [-0.39, 0.29) is 24.0 Å². The number of fused-ring (bicyclic) bond motifs is 1. The third kappa shape index (κ3) is 5.25. The molecule has 0 aliphatic heterocycles. The van der Waals surface area contributed by atoms with Gasteiger partial charge in [0.25, 0.3) is 11.8 Å². The minimum Gasteiger partial charge on any atom is -0.484 e. The molecular weight excluding hydrogens is 370 g/mol. The van der Waals surface area contributed by atoms with Crippen LogP contribution in [0.5, 0.6) is 5.75 Å². The number of nitrogens with zero attached hydrogens (tertiary/aromatic N) is 1. The molecule has 3 rings (SSSR count). The van der Waals surface area contributed by atoms with Gasteiger partial charge in [0.05, 0.1) is 5.71 Å². The van der Waals surface area contributed by atoms with E-state index in [2.05, 4.69) is 15.8 Å². The molecule has 29 heavy (non-hydrogen) atoms. The molecule has 2 N–H and O–H groups in total. The summed E-state index contributed by atoms with van der Waals surface area (Å²) in [6.07, 6.45) is 2.28. The van der Waals surface area contributed by atoms with Gasteiger partial charge >= 0.3 is 0 Å². The monoisotopic (exact) mass is 397 g/mol. The van der Waals surface area contributed by atoms with Crippen LogP contribution in [0.1, 0.15) is 61.1 Å². The lowest BCUT2D eigenvalue weighted by Gasteiger charge is -2.19. The highest BCUT2D eigenvalue weighted by atomic mass is 16.5. The summed E-state index contributed by atoms with van der Waals surface area (Å²) in [7, 11) is 0. The summed E-state index contributed by atoms with van der Waals surface area (Å²) in [6.45, 7) is 7.48. The zero-order valence-electron chi connectivity index (χ0n) is 17.3. The normalized spacial score (nSPS) is 15.0. The topological polar surface area (TPSA) is 92.9 Å². The number of hydrazone groups is 1. The number of carbonyl (C=O) groups excluding carboxylic acids is 2. The Kier molecular flexibility index (Phi) is 6.06. The highest BCUT2D eigenvalue weighted by molar-refractivity contribution is 6.06. The van der Waals surface area contributed by atoms with E-state index in [9.17, 15) is 9.59 Å². The summed E-state index contributed by atoms with van der Waals surface area (Å²) in [4.78, 5) is 24.7. The van der Waals surface area contributed by atoms with Gasteiger partial charge in [-0.2, -0.15) is 5.10 Å². The molecule has 0 unspecified atom stereocenters. The number of amides is 2. The summed E-state index contributed by atoms with van der Waals surface area (Å²) in [6, 6.07) is 9.12. The molecule has 0 saturated heterocycles. The van der Waals surface area contributed by atoms with Crippen LogP contribution in [0.2, 0.25) is 0 Å². The van der Waals surface area contributed by atoms with Gasteiger partial charge in [-0.15, -0.1) is 0 Å². The molecule has 1 aromatic carbocycles. The Balaban J connectivity index is 1.71. The summed E-state index contributed by atoms with van der Waals surface area (Å²) >= 11 is 0. The first-order chi connectivity index (χ1) is 13.7.